The first-order valence-electron chi connectivity index (χ1n) is 7.11. The molecule has 1 N–H and O–H groups in total. The SMILES string of the molecule is CCC1CC1C[C@H]1C(C)(C)CCC[C@]1(O)C=O. The van der Waals surface area contributed by atoms with E-state index < -0.39 is 5.60 Å². The van der Waals surface area contributed by atoms with Crippen LogP contribution in [0.4, 0.5) is 0 Å². The molecule has 2 saturated carbocycles. The minimum absolute atomic E-state index is 0.106. The molecule has 2 fully saturated rings. The van der Waals surface area contributed by atoms with Crippen molar-refractivity contribution in [1.82, 2.24) is 0 Å². The maximum absolute atomic E-state index is 11.3. The molecule has 98 valence electrons. The number of aldehydes is 1. The van der Waals surface area contributed by atoms with E-state index in [4.69, 9.17) is 0 Å². The van der Waals surface area contributed by atoms with Gasteiger partial charge in [0.25, 0.3) is 0 Å². The van der Waals surface area contributed by atoms with Crippen LogP contribution in [0.2, 0.25) is 0 Å². The third-order valence-corrected chi connectivity index (χ3v) is 5.28. The molecule has 0 radical (unpaired) electrons. The molecule has 0 amide bonds. The fourth-order valence-corrected chi connectivity index (χ4v) is 3.92. The lowest BCUT2D eigenvalue weighted by atomic mass is 9.60. The zero-order valence-corrected chi connectivity index (χ0v) is 11.4. The third kappa shape index (κ3) is 2.42. The third-order valence-electron chi connectivity index (χ3n) is 5.28. The smallest absolute Gasteiger partial charge is 0.151 e. The predicted octanol–water partition coefficient (Wildman–Crippen LogP) is 3.18. The van der Waals surface area contributed by atoms with E-state index in [-0.39, 0.29) is 11.3 Å². The molecule has 2 aliphatic carbocycles. The predicted molar refractivity (Wildman–Crippen MR) is 68.6 cm³/mol. The summed E-state index contributed by atoms with van der Waals surface area (Å²) in [6, 6.07) is 0. The van der Waals surface area contributed by atoms with Gasteiger partial charge in [-0.05, 0) is 55.3 Å². The Hall–Kier alpha value is -0.370. The van der Waals surface area contributed by atoms with Crippen LogP contribution in [0.1, 0.15) is 59.3 Å². The maximum atomic E-state index is 11.3. The van der Waals surface area contributed by atoms with Crippen molar-refractivity contribution < 1.29 is 9.90 Å². The highest BCUT2D eigenvalue weighted by Gasteiger charge is 2.51. The average molecular weight is 238 g/mol. The molecule has 17 heavy (non-hydrogen) atoms. The molecule has 0 aromatic rings. The zero-order chi connectivity index (χ0) is 12.7. The first kappa shape index (κ1) is 13.1. The van der Waals surface area contributed by atoms with Crippen molar-refractivity contribution in [3.05, 3.63) is 0 Å². The van der Waals surface area contributed by atoms with Crippen molar-refractivity contribution in [2.24, 2.45) is 23.2 Å². The zero-order valence-electron chi connectivity index (χ0n) is 11.4. The van der Waals surface area contributed by atoms with Gasteiger partial charge in [-0.25, -0.2) is 0 Å². The Morgan fingerprint density at radius 1 is 1.29 bits per heavy atom. The van der Waals surface area contributed by atoms with Crippen molar-refractivity contribution in [3.63, 3.8) is 0 Å². The van der Waals surface area contributed by atoms with Crippen LogP contribution in [0.15, 0.2) is 0 Å². The molecule has 0 aliphatic heterocycles. The summed E-state index contributed by atoms with van der Waals surface area (Å²) in [5, 5.41) is 10.5. The lowest BCUT2D eigenvalue weighted by Crippen LogP contribution is -2.50. The van der Waals surface area contributed by atoms with Crippen molar-refractivity contribution in [1.29, 1.82) is 0 Å². The monoisotopic (exact) mass is 238 g/mol. The van der Waals surface area contributed by atoms with Gasteiger partial charge in [-0.2, -0.15) is 0 Å². The molecule has 2 nitrogen and oxygen atoms in total. The molecule has 0 aromatic heterocycles. The molecule has 0 heterocycles. The van der Waals surface area contributed by atoms with Gasteiger partial charge in [-0.1, -0.05) is 27.2 Å². The van der Waals surface area contributed by atoms with Gasteiger partial charge < -0.3 is 9.90 Å². The summed E-state index contributed by atoms with van der Waals surface area (Å²) in [7, 11) is 0. The normalized spacial score (nSPS) is 44.4. The van der Waals surface area contributed by atoms with Gasteiger partial charge in [-0.3, -0.25) is 0 Å². The van der Waals surface area contributed by atoms with E-state index in [1.165, 1.54) is 12.8 Å². The lowest BCUT2D eigenvalue weighted by Gasteiger charge is -2.47. The van der Waals surface area contributed by atoms with Crippen molar-refractivity contribution in [3.8, 4) is 0 Å². The standard InChI is InChI=1S/C15H26O2/c1-4-11-8-12(11)9-13-14(2,3)6-5-7-15(13,17)10-16/h10-13,17H,4-9H2,1-3H3/t11?,12?,13-,15-/m0/s1. The van der Waals surface area contributed by atoms with E-state index in [1.54, 1.807) is 0 Å². The second-order valence-electron chi connectivity index (χ2n) is 6.90. The molecule has 4 atom stereocenters. The molecule has 2 rings (SSSR count). The molecule has 2 heteroatoms. The largest absolute Gasteiger partial charge is 0.382 e. The lowest BCUT2D eigenvalue weighted by molar-refractivity contribution is -0.145. The van der Waals surface area contributed by atoms with E-state index in [2.05, 4.69) is 20.8 Å². The van der Waals surface area contributed by atoms with Crippen molar-refractivity contribution in [2.75, 3.05) is 0 Å². The minimum Gasteiger partial charge on any atom is -0.382 e. The van der Waals surface area contributed by atoms with Crippen LogP contribution in [0.5, 0.6) is 0 Å². The van der Waals surface area contributed by atoms with Gasteiger partial charge in [0.2, 0.25) is 0 Å². The molecule has 2 aliphatic rings. The number of rotatable bonds is 4. The van der Waals surface area contributed by atoms with E-state index in [1.807, 2.05) is 0 Å². The molecule has 0 spiro atoms. The molecule has 0 bridgehead atoms. The minimum atomic E-state index is -1.05. The van der Waals surface area contributed by atoms with E-state index in [9.17, 15) is 9.90 Å². The molecule has 2 unspecified atom stereocenters. The summed E-state index contributed by atoms with van der Waals surface area (Å²) in [4.78, 5) is 11.3. The van der Waals surface area contributed by atoms with E-state index >= 15 is 0 Å². The summed E-state index contributed by atoms with van der Waals surface area (Å²) >= 11 is 0. The summed E-state index contributed by atoms with van der Waals surface area (Å²) in [6.07, 6.45) is 7.18. The van der Waals surface area contributed by atoms with Crippen molar-refractivity contribution in [2.45, 2.75) is 64.9 Å². The van der Waals surface area contributed by atoms with Crippen LogP contribution in [-0.4, -0.2) is 17.0 Å². The van der Waals surface area contributed by atoms with Crippen LogP contribution in [0.3, 0.4) is 0 Å². The van der Waals surface area contributed by atoms with Crippen LogP contribution >= 0.6 is 0 Å². The number of carbonyl (C=O) groups excluding carboxylic acids is 1. The second kappa shape index (κ2) is 4.38. The van der Waals surface area contributed by atoms with Crippen LogP contribution in [0.25, 0.3) is 0 Å². The number of hydrogen-bond donors (Lipinski definition) is 1. The summed E-state index contributed by atoms with van der Waals surface area (Å²) in [5.41, 5.74) is -0.947. The Balaban J connectivity index is 2.10. The number of aliphatic hydroxyl groups is 1. The number of carbonyl (C=O) groups is 1. The van der Waals surface area contributed by atoms with Gasteiger partial charge in [0.05, 0.1) is 0 Å². The Morgan fingerprint density at radius 2 is 2.00 bits per heavy atom. The summed E-state index contributed by atoms with van der Waals surface area (Å²) in [5.74, 6) is 1.76. The van der Waals surface area contributed by atoms with Crippen LogP contribution in [0, 0.1) is 23.2 Å². The highest BCUT2D eigenvalue weighted by Crippen LogP contribution is 2.54. The van der Waals surface area contributed by atoms with Crippen LogP contribution in [-0.2, 0) is 4.79 Å². The highest BCUT2D eigenvalue weighted by atomic mass is 16.3. The van der Waals surface area contributed by atoms with Crippen LogP contribution < -0.4 is 0 Å². The molecule has 0 saturated heterocycles. The van der Waals surface area contributed by atoms with Gasteiger partial charge in [0.15, 0.2) is 6.29 Å². The maximum Gasteiger partial charge on any atom is 0.151 e. The van der Waals surface area contributed by atoms with E-state index in [0.717, 1.165) is 37.4 Å². The Bertz CT molecular complexity index is 297. The fraction of sp³-hybridized carbons (Fsp3) is 0.933. The summed E-state index contributed by atoms with van der Waals surface area (Å²) in [6.45, 7) is 6.67. The topological polar surface area (TPSA) is 37.3 Å². The Kier molecular flexibility index (Phi) is 3.37. The Labute approximate surface area is 105 Å². The van der Waals surface area contributed by atoms with Crippen molar-refractivity contribution >= 4 is 6.29 Å². The average Bonchev–Trinajstić information content (AvgIpc) is 3.02. The molecule has 0 aromatic carbocycles. The summed E-state index contributed by atoms with van der Waals surface area (Å²) < 4.78 is 0. The second-order valence-corrected chi connectivity index (χ2v) is 6.90. The first-order valence-corrected chi connectivity index (χ1v) is 7.11. The van der Waals surface area contributed by atoms with Gasteiger partial charge in [-0.15, -0.1) is 0 Å². The molecular weight excluding hydrogens is 212 g/mol. The first-order chi connectivity index (χ1) is 7.93. The van der Waals surface area contributed by atoms with Gasteiger partial charge in [0.1, 0.15) is 5.60 Å². The number of hydrogen-bond acceptors (Lipinski definition) is 2. The molecular formula is C15H26O2. The van der Waals surface area contributed by atoms with Gasteiger partial charge >= 0.3 is 0 Å². The van der Waals surface area contributed by atoms with Gasteiger partial charge in [0, 0.05) is 0 Å². The fourth-order valence-electron chi connectivity index (χ4n) is 3.92. The quantitative estimate of drug-likeness (QED) is 0.764. The highest BCUT2D eigenvalue weighted by molar-refractivity contribution is 5.63. The van der Waals surface area contributed by atoms with E-state index in [0.29, 0.717) is 6.42 Å². The Morgan fingerprint density at radius 3 is 2.53 bits per heavy atom.